The molecule has 2 rings (SSSR count). The fourth-order valence-electron chi connectivity index (χ4n) is 4.13. The van der Waals surface area contributed by atoms with Crippen molar-refractivity contribution in [2.45, 2.75) is 77.3 Å². The van der Waals surface area contributed by atoms with E-state index in [0.717, 1.165) is 5.56 Å². The highest BCUT2D eigenvalue weighted by atomic mass is 32.1. The van der Waals surface area contributed by atoms with Gasteiger partial charge in [-0.15, -0.1) is 6.58 Å². The lowest BCUT2D eigenvalue weighted by molar-refractivity contribution is -0.159. The quantitative estimate of drug-likeness (QED) is 0.159. The van der Waals surface area contributed by atoms with Crippen LogP contribution >= 0.6 is 12.6 Å². The van der Waals surface area contributed by atoms with Gasteiger partial charge in [-0.2, -0.15) is 12.6 Å². The standard InChI is InChI=1S/C32H43N3O7S/c1-8-17-35(28(38)25(20-43)34-30(40)42-32(5,6)7)26(22-15-12-16-23(36)19-22)27(37)33-24(29(39)41-31(2,3)4)18-21-13-10-9-11-14-21/h8-16,19,24-26,36,43H,1,17-18,20H2,2-7H3,(H,33,37)(H,34,40). The Kier molecular flexibility index (Phi) is 12.7. The molecule has 43 heavy (non-hydrogen) atoms. The summed E-state index contributed by atoms with van der Waals surface area (Å²) in [4.78, 5) is 55.0. The second-order valence-electron chi connectivity index (χ2n) is 11.9. The minimum atomic E-state index is -1.33. The van der Waals surface area contributed by atoms with Crippen molar-refractivity contribution in [1.82, 2.24) is 15.5 Å². The molecule has 0 spiro atoms. The van der Waals surface area contributed by atoms with Gasteiger partial charge in [-0.25, -0.2) is 9.59 Å². The van der Waals surface area contributed by atoms with Crippen molar-refractivity contribution in [3.05, 3.63) is 78.4 Å². The van der Waals surface area contributed by atoms with E-state index in [1.165, 1.54) is 29.2 Å². The Bertz CT molecular complexity index is 1270. The number of nitrogens with one attached hydrogen (secondary N) is 2. The van der Waals surface area contributed by atoms with Crippen LogP contribution in [0.3, 0.4) is 0 Å². The van der Waals surface area contributed by atoms with Crippen LogP contribution in [0.1, 0.15) is 58.7 Å². The molecule has 2 aromatic rings. The summed E-state index contributed by atoms with van der Waals surface area (Å²) in [7, 11) is 0. The molecule has 3 amide bonds. The zero-order chi connectivity index (χ0) is 32.4. The fourth-order valence-corrected chi connectivity index (χ4v) is 4.38. The topological polar surface area (TPSA) is 134 Å². The number of thiol groups is 1. The van der Waals surface area contributed by atoms with Crippen molar-refractivity contribution < 1.29 is 33.8 Å². The Morgan fingerprint density at radius 2 is 1.56 bits per heavy atom. The molecular formula is C32H43N3O7S. The summed E-state index contributed by atoms with van der Waals surface area (Å²) in [5.41, 5.74) is -0.581. The average Bonchev–Trinajstić information content (AvgIpc) is 2.89. The van der Waals surface area contributed by atoms with Crippen LogP contribution in [-0.2, 0) is 30.3 Å². The highest BCUT2D eigenvalue weighted by Crippen LogP contribution is 2.26. The van der Waals surface area contributed by atoms with Crippen LogP contribution < -0.4 is 10.6 Å². The van der Waals surface area contributed by atoms with Crippen LogP contribution in [0, 0.1) is 0 Å². The number of benzene rings is 2. The van der Waals surface area contributed by atoms with Gasteiger partial charge in [0.15, 0.2) is 0 Å². The number of esters is 1. The van der Waals surface area contributed by atoms with E-state index < -0.39 is 53.2 Å². The van der Waals surface area contributed by atoms with E-state index in [1.54, 1.807) is 47.6 Å². The van der Waals surface area contributed by atoms with E-state index in [9.17, 15) is 24.3 Å². The van der Waals surface area contributed by atoms with Crippen LogP contribution in [-0.4, -0.2) is 69.5 Å². The third-order valence-electron chi connectivity index (χ3n) is 5.82. The number of rotatable bonds is 12. The van der Waals surface area contributed by atoms with Crippen molar-refractivity contribution in [2.24, 2.45) is 0 Å². The maximum atomic E-state index is 14.1. The molecular weight excluding hydrogens is 570 g/mol. The molecule has 3 N–H and O–H groups in total. The predicted molar refractivity (Wildman–Crippen MR) is 168 cm³/mol. The summed E-state index contributed by atoms with van der Waals surface area (Å²) >= 11 is 4.26. The number of nitrogens with zero attached hydrogens (tertiary/aromatic N) is 1. The Labute approximate surface area is 259 Å². The molecule has 10 nitrogen and oxygen atoms in total. The van der Waals surface area contributed by atoms with Crippen LogP contribution in [0.4, 0.5) is 4.79 Å². The van der Waals surface area contributed by atoms with Gasteiger partial charge in [-0.1, -0.05) is 48.5 Å². The summed E-state index contributed by atoms with van der Waals surface area (Å²) in [5, 5.41) is 15.5. The van der Waals surface area contributed by atoms with Gasteiger partial charge in [0.05, 0.1) is 0 Å². The highest BCUT2D eigenvalue weighted by molar-refractivity contribution is 7.80. The number of carbonyl (C=O) groups is 4. The molecule has 3 unspecified atom stereocenters. The zero-order valence-corrected chi connectivity index (χ0v) is 26.5. The molecule has 0 fully saturated rings. The van der Waals surface area contributed by atoms with Crippen molar-refractivity contribution >= 4 is 36.5 Å². The van der Waals surface area contributed by atoms with Gasteiger partial charge in [0.1, 0.15) is 35.1 Å². The molecule has 0 radical (unpaired) electrons. The average molecular weight is 614 g/mol. The Balaban J connectivity index is 2.52. The molecule has 234 valence electrons. The minimum Gasteiger partial charge on any atom is -0.508 e. The zero-order valence-electron chi connectivity index (χ0n) is 25.6. The van der Waals surface area contributed by atoms with Crippen LogP contribution in [0.2, 0.25) is 0 Å². The summed E-state index contributed by atoms with van der Waals surface area (Å²) < 4.78 is 10.9. The molecule has 0 saturated heterocycles. The first-order valence-corrected chi connectivity index (χ1v) is 14.6. The Hall–Kier alpha value is -3.99. The SMILES string of the molecule is C=CCN(C(=O)C(CS)NC(=O)OC(C)(C)C)C(C(=O)NC(Cc1ccccc1)C(=O)OC(C)(C)C)c1cccc(O)c1. The van der Waals surface area contributed by atoms with E-state index in [0.29, 0.717) is 0 Å². The summed E-state index contributed by atoms with van der Waals surface area (Å²) in [6.07, 6.45) is 0.729. The number of hydrogen-bond acceptors (Lipinski definition) is 8. The lowest BCUT2D eigenvalue weighted by atomic mass is 10.0. The number of alkyl carbamates (subject to hydrolysis) is 1. The summed E-state index contributed by atoms with van der Waals surface area (Å²) in [6.45, 7) is 13.9. The third-order valence-corrected chi connectivity index (χ3v) is 6.18. The third kappa shape index (κ3) is 11.7. The van der Waals surface area contributed by atoms with Crippen molar-refractivity contribution in [2.75, 3.05) is 12.3 Å². The number of amides is 3. The van der Waals surface area contributed by atoms with Crippen LogP contribution in [0.5, 0.6) is 5.75 Å². The van der Waals surface area contributed by atoms with Gasteiger partial charge in [0.25, 0.3) is 0 Å². The molecule has 0 aliphatic rings. The predicted octanol–water partition coefficient (Wildman–Crippen LogP) is 4.34. The smallest absolute Gasteiger partial charge is 0.408 e. The fraction of sp³-hybridized carbons (Fsp3) is 0.438. The lowest BCUT2D eigenvalue weighted by Gasteiger charge is -2.34. The minimum absolute atomic E-state index is 0.103. The maximum absolute atomic E-state index is 14.1. The number of phenolic OH excluding ortho intramolecular Hbond substituents is 1. The number of carbonyl (C=O) groups excluding carboxylic acids is 4. The number of ether oxygens (including phenoxy) is 2. The van der Waals surface area contributed by atoms with Crippen molar-refractivity contribution in [1.29, 1.82) is 0 Å². The second kappa shape index (κ2) is 15.5. The molecule has 0 saturated carbocycles. The molecule has 0 bridgehead atoms. The van der Waals surface area contributed by atoms with Gasteiger partial charge in [0.2, 0.25) is 11.8 Å². The molecule has 0 aromatic heterocycles. The van der Waals surface area contributed by atoms with E-state index >= 15 is 0 Å². The van der Waals surface area contributed by atoms with Gasteiger partial charge < -0.3 is 30.1 Å². The van der Waals surface area contributed by atoms with Gasteiger partial charge in [-0.05, 0) is 64.8 Å². The number of phenols is 1. The monoisotopic (exact) mass is 613 g/mol. The van der Waals surface area contributed by atoms with Gasteiger partial charge in [-0.3, -0.25) is 9.59 Å². The van der Waals surface area contributed by atoms with Gasteiger partial charge in [0, 0.05) is 18.7 Å². The van der Waals surface area contributed by atoms with Gasteiger partial charge >= 0.3 is 12.1 Å². The number of hydrogen-bond donors (Lipinski definition) is 4. The molecule has 3 atom stereocenters. The van der Waals surface area contributed by atoms with E-state index in [1.807, 2.05) is 30.3 Å². The summed E-state index contributed by atoms with van der Waals surface area (Å²) in [6, 6.07) is 11.4. The van der Waals surface area contributed by atoms with Crippen molar-refractivity contribution in [3.63, 3.8) is 0 Å². The first-order chi connectivity index (χ1) is 20.0. The van der Waals surface area contributed by atoms with Crippen LogP contribution in [0.15, 0.2) is 67.3 Å². The summed E-state index contributed by atoms with van der Waals surface area (Å²) in [5.74, 6) is -2.24. The molecule has 0 heterocycles. The largest absolute Gasteiger partial charge is 0.508 e. The highest BCUT2D eigenvalue weighted by Gasteiger charge is 2.37. The molecule has 11 heteroatoms. The Morgan fingerprint density at radius 1 is 0.930 bits per heavy atom. The lowest BCUT2D eigenvalue weighted by Crippen LogP contribution is -2.55. The first kappa shape index (κ1) is 35.2. The van der Waals surface area contributed by atoms with E-state index in [2.05, 4.69) is 29.8 Å². The first-order valence-electron chi connectivity index (χ1n) is 13.9. The van der Waals surface area contributed by atoms with E-state index in [4.69, 9.17) is 9.47 Å². The number of aromatic hydroxyl groups is 1. The van der Waals surface area contributed by atoms with E-state index in [-0.39, 0.29) is 30.0 Å². The molecule has 2 aromatic carbocycles. The molecule has 0 aliphatic heterocycles. The second-order valence-corrected chi connectivity index (χ2v) is 12.3. The maximum Gasteiger partial charge on any atom is 0.408 e. The van der Waals surface area contributed by atoms with Crippen LogP contribution in [0.25, 0.3) is 0 Å². The normalized spacial score (nSPS) is 13.6. The molecule has 0 aliphatic carbocycles. The van der Waals surface area contributed by atoms with Crippen molar-refractivity contribution in [3.8, 4) is 5.75 Å². The Morgan fingerprint density at radius 3 is 2.09 bits per heavy atom.